The zero-order valence-electron chi connectivity index (χ0n) is 13.9. The lowest BCUT2D eigenvalue weighted by Crippen LogP contribution is -2.47. The van der Waals surface area contributed by atoms with Crippen LogP contribution in [0.4, 0.5) is 0 Å². The summed E-state index contributed by atoms with van der Waals surface area (Å²) in [5.74, 6) is -0.505. The third kappa shape index (κ3) is 4.10. The van der Waals surface area contributed by atoms with Crippen LogP contribution in [0.5, 0.6) is 0 Å². The lowest BCUT2D eigenvalue weighted by molar-refractivity contribution is 0.0526. The molecule has 0 radical (unpaired) electrons. The van der Waals surface area contributed by atoms with Gasteiger partial charge in [-0.25, -0.2) is 13.2 Å². The molecule has 1 atom stereocenters. The first kappa shape index (κ1) is 17.9. The molecule has 1 fully saturated rings. The number of piperidine rings is 1. The van der Waals surface area contributed by atoms with E-state index in [-0.39, 0.29) is 23.1 Å². The van der Waals surface area contributed by atoms with Crippen LogP contribution in [0.25, 0.3) is 0 Å². The number of sulfonamides is 1. The number of likely N-dealkylation sites (N-methyl/N-ethyl adjacent to an activating group) is 1. The summed E-state index contributed by atoms with van der Waals surface area (Å²) in [6, 6.07) is 6.28. The van der Waals surface area contributed by atoms with Crippen molar-refractivity contribution in [2.24, 2.45) is 0 Å². The number of hydrogen-bond donors (Lipinski definition) is 0. The lowest BCUT2D eigenvalue weighted by Gasteiger charge is -2.35. The van der Waals surface area contributed by atoms with Crippen LogP contribution in [0.15, 0.2) is 29.2 Å². The van der Waals surface area contributed by atoms with Crippen molar-refractivity contribution in [3.63, 3.8) is 0 Å². The van der Waals surface area contributed by atoms with Crippen molar-refractivity contribution in [1.29, 1.82) is 0 Å². The van der Waals surface area contributed by atoms with E-state index in [2.05, 4.69) is 4.90 Å². The van der Waals surface area contributed by atoms with Crippen molar-refractivity contribution in [2.75, 3.05) is 33.8 Å². The summed E-state index contributed by atoms with van der Waals surface area (Å²) in [4.78, 5) is 14.0. The predicted molar refractivity (Wildman–Crippen MR) is 87.9 cm³/mol. The van der Waals surface area contributed by atoms with Gasteiger partial charge in [0.2, 0.25) is 10.0 Å². The maximum absolute atomic E-state index is 12.8. The molecule has 1 aliphatic heterocycles. The predicted octanol–water partition coefficient (Wildman–Crippen LogP) is 1.58. The van der Waals surface area contributed by atoms with Gasteiger partial charge in [0.1, 0.15) is 0 Å². The Bertz CT molecular complexity index is 658. The molecule has 6 nitrogen and oxygen atoms in total. The van der Waals surface area contributed by atoms with Crippen molar-refractivity contribution in [3.05, 3.63) is 29.8 Å². The summed E-state index contributed by atoms with van der Waals surface area (Å²) in [5, 5.41) is 0. The van der Waals surface area contributed by atoms with E-state index in [0.717, 1.165) is 12.8 Å². The fourth-order valence-corrected chi connectivity index (χ4v) is 4.27. The molecule has 23 heavy (non-hydrogen) atoms. The average Bonchev–Trinajstić information content (AvgIpc) is 2.55. The molecule has 128 valence electrons. The highest BCUT2D eigenvalue weighted by atomic mass is 32.2. The lowest BCUT2D eigenvalue weighted by atomic mass is 10.1. The van der Waals surface area contributed by atoms with E-state index >= 15 is 0 Å². The second-order valence-electron chi connectivity index (χ2n) is 5.87. The van der Waals surface area contributed by atoms with Gasteiger partial charge >= 0.3 is 5.97 Å². The molecule has 0 bridgehead atoms. The Morgan fingerprint density at radius 2 is 2.13 bits per heavy atom. The number of nitrogens with zero attached hydrogens (tertiary/aromatic N) is 2. The van der Waals surface area contributed by atoms with Crippen LogP contribution in [0.2, 0.25) is 0 Å². The molecular formula is C16H24N2O4S. The van der Waals surface area contributed by atoms with Crippen molar-refractivity contribution in [1.82, 2.24) is 9.21 Å². The molecule has 1 aliphatic rings. The molecule has 1 saturated heterocycles. The molecule has 0 amide bonds. The third-order valence-electron chi connectivity index (χ3n) is 4.07. The molecule has 1 aromatic carbocycles. The van der Waals surface area contributed by atoms with Crippen LogP contribution in [0, 0.1) is 0 Å². The summed E-state index contributed by atoms with van der Waals surface area (Å²) >= 11 is 0. The van der Waals surface area contributed by atoms with E-state index in [1.54, 1.807) is 19.1 Å². The molecule has 0 N–H and O–H groups in total. The van der Waals surface area contributed by atoms with Gasteiger partial charge in [-0.15, -0.1) is 0 Å². The van der Waals surface area contributed by atoms with Gasteiger partial charge in [-0.05, 0) is 52.1 Å². The van der Waals surface area contributed by atoms with Gasteiger partial charge in [-0.1, -0.05) is 6.07 Å². The number of carbonyl (C=O) groups is 1. The Morgan fingerprint density at radius 1 is 1.39 bits per heavy atom. The smallest absolute Gasteiger partial charge is 0.338 e. The van der Waals surface area contributed by atoms with Gasteiger partial charge in [0.05, 0.1) is 17.1 Å². The highest BCUT2D eigenvalue weighted by Gasteiger charge is 2.31. The summed E-state index contributed by atoms with van der Waals surface area (Å²) in [7, 11) is 0.320. The zero-order valence-corrected chi connectivity index (χ0v) is 14.7. The number of carbonyl (C=O) groups excluding carboxylic acids is 1. The SMILES string of the molecule is CCOC(=O)c1cccc(S(=O)(=O)N2CCC[C@@H](N(C)C)C2)c1. The van der Waals surface area contributed by atoms with Gasteiger partial charge in [-0.2, -0.15) is 4.31 Å². The second-order valence-corrected chi connectivity index (χ2v) is 7.81. The summed E-state index contributed by atoms with van der Waals surface area (Å²) in [6.45, 7) is 2.95. The normalized spacial score (nSPS) is 19.7. The molecule has 1 heterocycles. The summed E-state index contributed by atoms with van der Waals surface area (Å²) in [5.41, 5.74) is 0.258. The van der Waals surface area contributed by atoms with Crippen molar-refractivity contribution >= 4 is 16.0 Å². The fourth-order valence-electron chi connectivity index (χ4n) is 2.71. The molecule has 7 heteroatoms. The number of benzene rings is 1. The first-order valence-electron chi connectivity index (χ1n) is 7.80. The molecular weight excluding hydrogens is 316 g/mol. The van der Waals surface area contributed by atoms with E-state index in [0.29, 0.717) is 13.1 Å². The van der Waals surface area contributed by atoms with Crippen molar-refractivity contribution in [3.8, 4) is 0 Å². The van der Waals surface area contributed by atoms with Crippen molar-refractivity contribution in [2.45, 2.75) is 30.7 Å². The topological polar surface area (TPSA) is 66.9 Å². The molecule has 0 aromatic heterocycles. The number of rotatable bonds is 5. The first-order valence-corrected chi connectivity index (χ1v) is 9.24. The molecule has 0 unspecified atom stereocenters. The summed E-state index contributed by atoms with van der Waals surface area (Å²) in [6.07, 6.45) is 1.82. The van der Waals surface area contributed by atoms with Crippen molar-refractivity contribution < 1.29 is 17.9 Å². The Balaban J connectivity index is 2.25. The summed E-state index contributed by atoms with van der Waals surface area (Å²) < 4.78 is 32.1. The minimum absolute atomic E-state index is 0.141. The number of hydrogen-bond acceptors (Lipinski definition) is 5. The van der Waals surface area contributed by atoms with Crippen LogP contribution >= 0.6 is 0 Å². The van der Waals surface area contributed by atoms with Gasteiger partial charge in [-0.3, -0.25) is 0 Å². The van der Waals surface area contributed by atoms with E-state index in [1.165, 1.54) is 16.4 Å². The average molecular weight is 340 g/mol. The molecule has 0 saturated carbocycles. The van der Waals surface area contributed by atoms with Crippen LogP contribution in [0.1, 0.15) is 30.1 Å². The molecule has 1 aromatic rings. The van der Waals surface area contributed by atoms with Gasteiger partial charge in [0.15, 0.2) is 0 Å². The molecule has 0 spiro atoms. The van der Waals surface area contributed by atoms with E-state index in [4.69, 9.17) is 4.74 Å². The third-order valence-corrected chi connectivity index (χ3v) is 5.93. The number of ether oxygens (including phenoxy) is 1. The quantitative estimate of drug-likeness (QED) is 0.761. The largest absolute Gasteiger partial charge is 0.462 e. The van der Waals surface area contributed by atoms with Crippen LogP contribution < -0.4 is 0 Å². The standard InChI is InChI=1S/C16H24N2O4S/c1-4-22-16(19)13-7-5-9-15(11-13)23(20,21)18-10-6-8-14(12-18)17(2)3/h5,7,9,11,14H,4,6,8,10,12H2,1-3H3/t14-/m1/s1. The van der Waals surface area contributed by atoms with Crippen LogP contribution in [-0.2, 0) is 14.8 Å². The maximum Gasteiger partial charge on any atom is 0.338 e. The highest BCUT2D eigenvalue weighted by Crippen LogP contribution is 2.23. The molecule has 2 rings (SSSR count). The molecule has 0 aliphatic carbocycles. The van der Waals surface area contributed by atoms with Crippen LogP contribution in [0.3, 0.4) is 0 Å². The maximum atomic E-state index is 12.8. The Hall–Kier alpha value is -1.44. The van der Waals surface area contributed by atoms with Gasteiger partial charge in [0.25, 0.3) is 0 Å². The minimum Gasteiger partial charge on any atom is -0.462 e. The Labute approximate surface area is 138 Å². The fraction of sp³-hybridized carbons (Fsp3) is 0.562. The number of esters is 1. The Kier molecular flexibility index (Phi) is 5.78. The first-order chi connectivity index (χ1) is 10.9. The van der Waals surface area contributed by atoms with E-state index in [9.17, 15) is 13.2 Å². The van der Waals surface area contributed by atoms with Gasteiger partial charge < -0.3 is 9.64 Å². The second kappa shape index (κ2) is 7.42. The van der Waals surface area contributed by atoms with E-state index in [1.807, 2.05) is 14.1 Å². The van der Waals surface area contributed by atoms with E-state index < -0.39 is 16.0 Å². The monoisotopic (exact) mass is 340 g/mol. The van der Waals surface area contributed by atoms with Gasteiger partial charge in [0, 0.05) is 19.1 Å². The highest BCUT2D eigenvalue weighted by molar-refractivity contribution is 7.89. The Morgan fingerprint density at radius 3 is 2.78 bits per heavy atom. The zero-order chi connectivity index (χ0) is 17.0. The van der Waals surface area contributed by atoms with Crippen LogP contribution in [-0.4, -0.2) is 63.4 Å². The minimum atomic E-state index is -3.60.